The Morgan fingerprint density at radius 2 is 2.12 bits per heavy atom. The second kappa shape index (κ2) is 4.23. The number of aromatic nitrogens is 3. The van der Waals surface area contributed by atoms with Crippen LogP contribution < -0.4 is 5.73 Å². The third kappa shape index (κ3) is 1.89. The van der Waals surface area contributed by atoms with E-state index in [9.17, 15) is 0 Å². The SMILES string of the molecule is NC1CCc2c(-c3ccncc3)nc(Br)n2C1. The Kier molecular flexibility index (Phi) is 2.72. The molecular weight excluding hydrogens is 280 g/mol. The van der Waals surface area contributed by atoms with Gasteiger partial charge in [-0.15, -0.1) is 0 Å². The number of nitrogens with two attached hydrogens (primary N) is 1. The normalized spacial score (nSPS) is 19.1. The van der Waals surface area contributed by atoms with Gasteiger partial charge in [-0.2, -0.15) is 0 Å². The standard InChI is InChI=1S/C12H13BrN4/c13-12-16-11(8-3-5-15-6-4-8)10-2-1-9(14)7-17(10)12/h3-6,9H,1-2,7,14H2. The van der Waals surface area contributed by atoms with E-state index in [0.29, 0.717) is 0 Å². The smallest absolute Gasteiger partial charge is 0.177 e. The first-order chi connectivity index (χ1) is 8.25. The average molecular weight is 293 g/mol. The third-order valence-electron chi connectivity index (χ3n) is 3.15. The van der Waals surface area contributed by atoms with Crippen molar-refractivity contribution in [1.82, 2.24) is 14.5 Å². The molecule has 0 bridgehead atoms. The highest BCUT2D eigenvalue weighted by Crippen LogP contribution is 2.30. The topological polar surface area (TPSA) is 56.7 Å². The first-order valence-corrected chi connectivity index (χ1v) is 6.46. The first-order valence-electron chi connectivity index (χ1n) is 5.66. The number of rotatable bonds is 1. The Morgan fingerprint density at radius 3 is 2.88 bits per heavy atom. The number of hydrogen-bond acceptors (Lipinski definition) is 3. The van der Waals surface area contributed by atoms with Crippen LogP contribution in [-0.2, 0) is 13.0 Å². The van der Waals surface area contributed by atoms with Crippen molar-refractivity contribution in [3.05, 3.63) is 35.0 Å². The number of halogens is 1. The van der Waals surface area contributed by atoms with Crippen LogP contribution in [0.2, 0.25) is 0 Å². The Labute approximate surface area is 108 Å². The van der Waals surface area contributed by atoms with Crippen molar-refractivity contribution in [3.8, 4) is 11.3 Å². The highest BCUT2D eigenvalue weighted by Gasteiger charge is 2.22. The molecule has 3 heterocycles. The minimum Gasteiger partial charge on any atom is -0.326 e. The van der Waals surface area contributed by atoms with Crippen molar-refractivity contribution in [2.45, 2.75) is 25.4 Å². The second-order valence-electron chi connectivity index (χ2n) is 4.32. The molecule has 2 aromatic rings. The maximum Gasteiger partial charge on any atom is 0.177 e. The number of fused-ring (bicyclic) bond motifs is 1. The van der Waals surface area contributed by atoms with E-state index in [4.69, 9.17) is 5.73 Å². The van der Waals surface area contributed by atoms with Crippen LogP contribution >= 0.6 is 15.9 Å². The molecule has 1 unspecified atom stereocenters. The summed E-state index contributed by atoms with van der Waals surface area (Å²) >= 11 is 3.51. The van der Waals surface area contributed by atoms with E-state index in [-0.39, 0.29) is 6.04 Å². The van der Waals surface area contributed by atoms with Crippen LogP contribution in [0.5, 0.6) is 0 Å². The van der Waals surface area contributed by atoms with Crippen LogP contribution in [0.15, 0.2) is 29.3 Å². The van der Waals surface area contributed by atoms with Gasteiger partial charge in [0.1, 0.15) is 0 Å². The van der Waals surface area contributed by atoms with Crippen molar-refractivity contribution >= 4 is 15.9 Å². The van der Waals surface area contributed by atoms with Crippen LogP contribution in [-0.4, -0.2) is 20.6 Å². The molecule has 4 nitrogen and oxygen atoms in total. The number of hydrogen-bond donors (Lipinski definition) is 1. The molecule has 0 amide bonds. The van der Waals surface area contributed by atoms with Gasteiger partial charge in [0.15, 0.2) is 4.73 Å². The van der Waals surface area contributed by atoms with Crippen LogP contribution in [0.25, 0.3) is 11.3 Å². The predicted octanol–water partition coefficient (Wildman–Crippen LogP) is 1.98. The Balaban J connectivity index is 2.11. The lowest BCUT2D eigenvalue weighted by Gasteiger charge is -2.21. The summed E-state index contributed by atoms with van der Waals surface area (Å²) in [5.74, 6) is 0. The fourth-order valence-corrected chi connectivity index (χ4v) is 2.82. The van der Waals surface area contributed by atoms with E-state index in [1.54, 1.807) is 12.4 Å². The van der Waals surface area contributed by atoms with E-state index in [0.717, 1.165) is 35.4 Å². The van der Waals surface area contributed by atoms with Crippen molar-refractivity contribution < 1.29 is 0 Å². The molecule has 5 heteroatoms. The fraction of sp³-hybridized carbons (Fsp3) is 0.333. The summed E-state index contributed by atoms with van der Waals surface area (Å²) in [7, 11) is 0. The van der Waals surface area contributed by atoms with E-state index in [2.05, 4.69) is 30.5 Å². The van der Waals surface area contributed by atoms with E-state index in [1.807, 2.05) is 12.1 Å². The lowest BCUT2D eigenvalue weighted by atomic mass is 10.0. The van der Waals surface area contributed by atoms with Crippen LogP contribution in [0.4, 0.5) is 0 Å². The molecule has 1 atom stereocenters. The van der Waals surface area contributed by atoms with Gasteiger partial charge in [-0.05, 0) is 40.9 Å². The molecule has 0 aliphatic carbocycles. The summed E-state index contributed by atoms with van der Waals surface area (Å²) in [6.45, 7) is 0.841. The Bertz CT molecular complexity index is 535. The summed E-state index contributed by atoms with van der Waals surface area (Å²) in [6.07, 6.45) is 5.60. The van der Waals surface area contributed by atoms with Gasteiger partial charge in [0.25, 0.3) is 0 Å². The van der Waals surface area contributed by atoms with Gasteiger partial charge >= 0.3 is 0 Å². The van der Waals surface area contributed by atoms with E-state index >= 15 is 0 Å². The van der Waals surface area contributed by atoms with Crippen molar-refractivity contribution in [2.75, 3.05) is 0 Å². The molecular formula is C12H13BrN4. The molecule has 17 heavy (non-hydrogen) atoms. The maximum atomic E-state index is 5.99. The zero-order chi connectivity index (χ0) is 11.8. The zero-order valence-corrected chi connectivity index (χ0v) is 10.9. The van der Waals surface area contributed by atoms with Crippen LogP contribution in [0.1, 0.15) is 12.1 Å². The van der Waals surface area contributed by atoms with Gasteiger partial charge in [0.2, 0.25) is 0 Å². The molecule has 0 saturated heterocycles. The highest BCUT2D eigenvalue weighted by atomic mass is 79.9. The van der Waals surface area contributed by atoms with E-state index in [1.165, 1.54) is 5.69 Å². The minimum atomic E-state index is 0.235. The fourth-order valence-electron chi connectivity index (χ4n) is 2.28. The predicted molar refractivity (Wildman–Crippen MR) is 69.5 cm³/mol. The molecule has 1 aliphatic heterocycles. The lowest BCUT2D eigenvalue weighted by Crippen LogP contribution is -2.31. The van der Waals surface area contributed by atoms with Crippen molar-refractivity contribution in [3.63, 3.8) is 0 Å². The molecule has 1 aliphatic rings. The molecule has 3 rings (SSSR count). The van der Waals surface area contributed by atoms with Gasteiger partial charge in [0.05, 0.1) is 5.69 Å². The molecule has 0 fully saturated rings. The number of nitrogens with zero attached hydrogens (tertiary/aromatic N) is 3. The summed E-state index contributed by atoms with van der Waals surface area (Å²) in [4.78, 5) is 8.63. The molecule has 0 radical (unpaired) electrons. The molecule has 0 spiro atoms. The zero-order valence-electron chi connectivity index (χ0n) is 9.31. The second-order valence-corrected chi connectivity index (χ2v) is 5.03. The monoisotopic (exact) mass is 292 g/mol. The van der Waals surface area contributed by atoms with Crippen LogP contribution in [0, 0.1) is 0 Å². The quantitative estimate of drug-likeness (QED) is 0.874. The first kappa shape index (κ1) is 10.9. The van der Waals surface area contributed by atoms with Gasteiger partial charge in [-0.3, -0.25) is 4.98 Å². The lowest BCUT2D eigenvalue weighted by molar-refractivity contribution is 0.455. The average Bonchev–Trinajstić information content (AvgIpc) is 2.68. The molecule has 0 saturated carbocycles. The number of pyridine rings is 1. The minimum absolute atomic E-state index is 0.235. The summed E-state index contributed by atoms with van der Waals surface area (Å²) in [6, 6.07) is 4.21. The Hall–Kier alpha value is -1.20. The summed E-state index contributed by atoms with van der Waals surface area (Å²) < 4.78 is 3.04. The molecule has 0 aromatic carbocycles. The van der Waals surface area contributed by atoms with Crippen LogP contribution in [0.3, 0.4) is 0 Å². The third-order valence-corrected chi connectivity index (χ3v) is 3.75. The van der Waals surface area contributed by atoms with Gasteiger partial charge in [-0.1, -0.05) is 0 Å². The molecule has 2 aromatic heterocycles. The molecule has 2 N–H and O–H groups in total. The summed E-state index contributed by atoms with van der Waals surface area (Å²) in [5.41, 5.74) is 9.42. The maximum absolute atomic E-state index is 5.99. The summed E-state index contributed by atoms with van der Waals surface area (Å²) in [5, 5.41) is 0. The largest absolute Gasteiger partial charge is 0.326 e. The van der Waals surface area contributed by atoms with Crippen molar-refractivity contribution in [1.29, 1.82) is 0 Å². The van der Waals surface area contributed by atoms with Gasteiger partial charge in [0, 0.05) is 36.2 Å². The molecule has 88 valence electrons. The van der Waals surface area contributed by atoms with Crippen molar-refractivity contribution in [2.24, 2.45) is 5.73 Å². The van der Waals surface area contributed by atoms with Gasteiger partial charge in [-0.25, -0.2) is 4.98 Å². The Morgan fingerprint density at radius 1 is 1.35 bits per heavy atom. The van der Waals surface area contributed by atoms with Gasteiger partial charge < -0.3 is 10.3 Å². The van der Waals surface area contributed by atoms with E-state index < -0.39 is 0 Å². The highest BCUT2D eigenvalue weighted by molar-refractivity contribution is 9.10. The number of imidazole rings is 1.